The molecule has 2 rings (SSSR count). The van der Waals surface area contributed by atoms with Gasteiger partial charge in [-0.2, -0.15) is 0 Å². The molecule has 1 heterocycles. The Hall–Kier alpha value is -1.19. The van der Waals surface area contributed by atoms with Gasteiger partial charge in [-0.1, -0.05) is 37.6 Å². The van der Waals surface area contributed by atoms with E-state index in [0.717, 1.165) is 18.4 Å². The molecule has 0 amide bonds. The van der Waals surface area contributed by atoms with Crippen LogP contribution in [0.1, 0.15) is 29.3 Å². The minimum atomic E-state index is -0.174. The van der Waals surface area contributed by atoms with Gasteiger partial charge in [-0.3, -0.25) is 4.79 Å². The predicted octanol–water partition coefficient (Wildman–Crippen LogP) is 1.80. The third kappa shape index (κ3) is 2.73. The second-order valence-electron chi connectivity index (χ2n) is 4.62. The van der Waals surface area contributed by atoms with Crippen molar-refractivity contribution in [2.45, 2.75) is 25.8 Å². The van der Waals surface area contributed by atoms with E-state index in [4.69, 9.17) is 10.5 Å². The molecule has 0 saturated carbocycles. The van der Waals surface area contributed by atoms with Crippen LogP contribution in [0.3, 0.4) is 0 Å². The maximum atomic E-state index is 12.2. The molecule has 0 radical (unpaired) electrons. The number of ketones is 1. The molecule has 2 unspecified atom stereocenters. The van der Waals surface area contributed by atoms with Crippen molar-refractivity contribution in [3.63, 3.8) is 0 Å². The molecule has 17 heavy (non-hydrogen) atoms. The summed E-state index contributed by atoms with van der Waals surface area (Å²) in [6.07, 6.45) is 2.18. The Morgan fingerprint density at radius 1 is 1.35 bits per heavy atom. The third-order valence-electron chi connectivity index (χ3n) is 3.24. The van der Waals surface area contributed by atoms with Crippen LogP contribution in [-0.2, 0) is 11.2 Å². The summed E-state index contributed by atoms with van der Waals surface area (Å²) in [5, 5.41) is 0. The van der Waals surface area contributed by atoms with Gasteiger partial charge in [0.1, 0.15) is 0 Å². The highest BCUT2D eigenvalue weighted by molar-refractivity contribution is 5.98. The van der Waals surface area contributed by atoms with Crippen molar-refractivity contribution in [2.24, 2.45) is 11.7 Å². The summed E-state index contributed by atoms with van der Waals surface area (Å²) in [6.45, 7) is 3.09. The SMILES string of the molecule is CCCc1ccc(C(=O)C2COCC2N)cc1. The van der Waals surface area contributed by atoms with Gasteiger partial charge in [0, 0.05) is 11.6 Å². The molecule has 0 spiro atoms. The van der Waals surface area contributed by atoms with E-state index in [9.17, 15) is 4.79 Å². The Kier molecular flexibility index (Phi) is 3.92. The Morgan fingerprint density at radius 3 is 2.59 bits per heavy atom. The Labute approximate surface area is 102 Å². The molecule has 3 heteroatoms. The van der Waals surface area contributed by atoms with Crippen molar-refractivity contribution in [2.75, 3.05) is 13.2 Å². The van der Waals surface area contributed by atoms with Gasteiger partial charge in [0.05, 0.1) is 19.1 Å². The molecule has 2 N–H and O–H groups in total. The number of ether oxygens (including phenoxy) is 1. The van der Waals surface area contributed by atoms with E-state index in [-0.39, 0.29) is 17.7 Å². The van der Waals surface area contributed by atoms with Crippen LogP contribution in [0.15, 0.2) is 24.3 Å². The molecule has 3 nitrogen and oxygen atoms in total. The van der Waals surface area contributed by atoms with Crippen LogP contribution in [0, 0.1) is 5.92 Å². The number of hydrogen-bond acceptors (Lipinski definition) is 3. The van der Waals surface area contributed by atoms with Gasteiger partial charge in [-0.25, -0.2) is 0 Å². The van der Waals surface area contributed by atoms with Gasteiger partial charge in [0.15, 0.2) is 5.78 Å². The average Bonchev–Trinajstić information content (AvgIpc) is 2.76. The number of aryl methyl sites for hydroxylation is 1. The minimum absolute atomic E-state index is 0.109. The lowest BCUT2D eigenvalue weighted by atomic mass is 9.93. The summed E-state index contributed by atoms with van der Waals surface area (Å²) in [6, 6.07) is 7.70. The van der Waals surface area contributed by atoms with Crippen molar-refractivity contribution in [1.29, 1.82) is 0 Å². The molecule has 0 aliphatic carbocycles. The zero-order valence-corrected chi connectivity index (χ0v) is 10.2. The molecular weight excluding hydrogens is 214 g/mol. The molecule has 1 aliphatic heterocycles. The monoisotopic (exact) mass is 233 g/mol. The van der Waals surface area contributed by atoms with Crippen LogP contribution in [0.25, 0.3) is 0 Å². The molecule has 2 atom stereocenters. The molecular formula is C14H19NO2. The van der Waals surface area contributed by atoms with Crippen molar-refractivity contribution >= 4 is 5.78 Å². The van der Waals surface area contributed by atoms with Gasteiger partial charge in [-0.05, 0) is 12.0 Å². The lowest BCUT2D eigenvalue weighted by Crippen LogP contribution is -2.34. The maximum absolute atomic E-state index is 12.2. The van der Waals surface area contributed by atoms with Crippen LogP contribution < -0.4 is 5.73 Å². The lowest BCUT2D eigenvalue weighted by Gasteiger charge is -2.12. The largest absolute Gasteiger partial charge is 0.379 e. The normalized spacial score (nSPS) is 23.9. The van der Waals surface area contributed by atoms with E-state index < -0.39 is 0 Å². The van der Waals surface area contributed by atoms with Crippen LogP contribution in [0.4, 0.5) is 0 Å². The Morgan fingerprint density at radius 2 is 2.06 bits per heavy atom. The highest BCUT2D eigenvalue weighted by Gasteiger charge is 2.31. The molecule has 0 bridgehead atoms. The number of carbonyl (C=O) groups is 1. The van der Waals surface area contributed by atoms with Gasteiger partial charge >= 0.3 is 0 Å². The number of Topliss-reactive ketones (excluding diaryl/α,β-unsaturated/α-hetero) is 1. The van der Waals surface area contributed by atoms with Crippen molar-refractivity contribution in [1.82, 2.24) is 0 Å². The molecule has 92 valence electrons. The first-order chi connectivity index (χ1) is 8.22. The van der Waals surface area contributed by atoms with Crippen LogP contribution in [-0.4, -0.2) is 25.0 Å². The van der Waals surface area contributed by atoms with E-state index in [1.54, 1.807) is 0 Å². The van der Waals surface area contributed by atoms with Gasteiger partial charge in [-0.15, -0.1) is 0 Å². The summed E-state index contributed by atoms with van der Waals surface area (Å²) in [4.78, 5) is 12.2. The first-order valence-electron chi connectivity index (χ1n) is 6.19. The first kappa shape index (κ1) is 12.3. The quantitative estimate of drug-likeness (QED) is 0.807. The number of carbonyl (C=O) groups excluding carboxylic acids is 1. The summed E-state index contributed by atoms with van der Waals surface area (Å²) >= 11 is 0. The Bertz CT molecular complexity index is 386. The maximum Gasteiger partial charge on any atom is 0.169 e. The Balaban J connectivity index is 2.08. The summed E-state index contributed by atoms with van der Waals surface area (Å²) in [7, 11) is 0. The minimum Gasteiger partial charge on any atom is -0.379 e. The smallest absolute Gasteiger partial charge is 0.169 e. The van der Waals surface area contributed by atoms with E-state index in [0.29, 0.717) is 13.2 Å². The molecule has 1 fully saturated rings. The fourth-order valence-corrected chi connectivity index (χ4v) is 2.18. The van der Waals surface area contributed by atoms with Crippen LogP contribution in [0.5, 0.6) is 0 Å². The highest BCUT2D eigenvalue weighted by atomic mass is 16.5. The van der Waals surface area contributed by atoms with E-state index in [2.05, 4.69) is 6.92 Å². The highest BCUT2D eigenvalue weighted by Crippen LogP contribution is 2.18. The van der Waals surface area contributed by atoms with E-state index in [1.165, 1.54) is 5.56 Å². The topological polar surface area (TPSA) is 52.3 Å². The van der Waals surface area contributed by atoms with Crippen molar-refractivity contribution in [3.05, 3.63) is 35.4 Å². The van der Waals surface area contributed by atoms with Gasteiger partial charge in [0.25, 0.3) is 0 Å². The fourth-order valence-electron chi connectivity index (χ4n) is 2.18. The van der Waals surface area contributed by atoms with Gasteiger partial charge in [0.2, 0.25) is 0 Å². The lowest BCUT2D eigenvalue weighted by molar-refractivity contribution is 0.0896. The molecule has 1 saturated heterocycles. The second-order valence-corrected chi connectivity index (χ2v) is 4.62. The zero-order chi connectivity index (χ0) is 12.3. The summed E-state index contributed by atoms with van der Waals surface area (Å²) < 4.78 is 5.23. The number of rotatable bonds is 4. The first-order valence-corrected chi connectivity index (χ1v) is 6.19. The molecule has 0 aromatic heterocycles. The number of hydrogen-bond donors (Lipinski definition) is 1. The second kappa shape index (κ2) is 5.43. The predicted molar refractivity (Wildman–Crippen MR) is 67.1 cm³/mol. The number of nitrogens with two attached hydrogens (primary N) is 1. The molecule has 1 aromatic rings. The third-order valence-corrected chi connectivity index (χ3v) is 3.24. The molecule has 1 aliphatic rings. The van der Waals surface area contributed by atoms with Crippen molar-refractivity contribution in [3.8, 4) is 0 Å². The summed E-state index contributed by atoms with van der Waals surface area (Å²) in [5.41, 5.74) is 7.87. The summed E-state index contributed by atoms with van der Waals surface area (Å²) in [5.74, 6) is -0.0647. The standard InChI is InChI=1S/C14H19NO2/c1-2-3-10-4-6-11(7-5-10)14(16)12-8-17-9-13(12)15/h4-7,12-13H,2-3,8-9,15H2,1H3. The number of benzene rings is 1. The van der Waals surface area contributed by atoms with Crippen LogP contribution >= 0.6 is 0 Å². The fraction of sp³-hybridized carbons (Fsp3) is 0.500. The van der Waals surface area contributed by atoms with Gasteiger partial charge < -0.3 is 10.5 Å². The zero-order valence-electron chi connectivity index (χ0n) is 10.2. The molecule has 1 aromatic carbocycles. The average molecular weight is 233 g/mol. The van der Waals surface area contributed by atoms with E-state index >= 15 is 0 Å². The van der Waals surface area contributed by atoms with E-state index in [1.807, 2.05) is 24.3 Å². The van der Waals surface area contributed by atoms with Crippen LogP contribution in [0.2, 0.25) is 0 Å². The van der Waals surface area contributed by atoms with Crippen molar-refractivity contribution < 1.29 is 9.53 Å².